The van der Waals surface area contributed by atoms with E-state index < -0.39 is 0 Å². The van der Waals surface area contributed by atoms with Crippen LogP contribution in [-0.2, 0) is 0 Å². The molecule has 0 unspecified atom stereocenters. The summed E-state index contributed by atoms with van der Waals surface area (Å²) in [5.41, 5.74) is 0.829. The van der Waals surface area contributed by atoms with Gasteiger partial charge in [-0.05, 0) is 44.1 Å². The molecule has 2 heterocycles. The summed E-state index contributed by atoms with van der Waals surface area (Å²) < 4.78 is 13.0. The van der Waals surface area contributed by atoms with Crippen LogP contribution in [0.1, 0.15) is 24.6 Å². The normalized spacial score (nSPS) is 17.5. The van der Waals surface area contributed by atoms with Gasteiger partial charge in [0.1, 0.15) is 11.6 Å². The second-order valence-corrected chi connectivity index (χ2v) is 4.46. The Kier molecular flexibility index (Phi) is 2.73. The van der Waals surface area contributed by atoms with Crippen molar-refractivity contribution in [2.45, 2.75) is 18.8 Å². The minimum Gasteiger partial charge on any atom is -0.317 e. The molecule has 4 heteroatoms. The van der Waals surface area contributed by atoms with E-state index in [0.717, 1.165) is 42.7 Å². The van der Waals surface area contributed by atoms with Crippen molar-refractivity contribution in [1.82, 2.24) is 15.3 Å². The van der Waals surface area contributed by atoms with E-state index in [1.807, 2.05) is 0 Å². The lowest BCUT2D eigenvalue weighted by Gasteiger charge is -2.21. The Balaban J connectivity index is 1.98. The average Bonchev–Trinajstić information content (AvgIpc) is 2.39. The van der Waals surface area contributed by atoms with Crippen LogP contribution in [0.2, 0.25) is 0 Å². The second kappa shape index (κ2) is 4.37. The second-order valence-electron chi connectivity index (χ2n) is 4.46. The number of benzene rings is 1. The number of rotatable bonds is 1. The third kappa shape index (κ3) is 2.13. The molecule has 0 spiro atoms. The van der Waals surface area contributed by atoms with Gasteiger partial charge < -0.3 is 5.32 Å². The van der Waals surface area contributed by atoms with Crippen LogP contribution in [0.3, 0.4) is 0 Å². The van der Waals surface area contributed by atoms with E-state index >= 15 is 0 Å². The predicted octanol–water partition coefficient (Wildman–Crippen LogP) is 2.24. The van der Waals surface area contributed by atoms with Crippen LogP contribution in [0.4, 0.5) is 4.39 Å². The van der Waals surface area contributed by atoms with Gasteiger partial charge in [0.05, 0.1) is 5.52 Å². The summed E-state index contributed by atoms with van der Waals surface area (Å²) in [4.78, 5) is 8.90. The zero-order valence-corrected chi connectivity index (χ0v) is 9.49. The minimum atomic E-state index is -0.240. The fourth-order valence-electron chi connectivity index (χ4n) is 2.30. The molecule has 0 bridgehead atoms. The van der Waals surface area contributed by atoms with E-state index in [9.17, 15) is 4.39 Å². The molecule has 3 rings (SSSR count). The highest BCUT2D eigenvalue weighted by molar-refractivity contribution is 5.77. The Morgan fingerprint density at radius 2 is 2.06 bits per heavy atom. The summed E-state index contributed by atoms with van der Waals surface area (Å²) in [6.07, 6.45) is 3.88. The number of aromatic nitrogens is 2. The molecule has 1 saturated heterocycles. The van der Waals surface area contributed by atoms with E-state index in [-0.39, 0.29) is 5.82 Å². The highest BCUT2D eigenvalue weighted by Crippen LogP contribution is 2.23. The Labute approximate surface area is 99.1 Å². The molecule has 1 aromatic heterocycles. The van der Waals surface area contributed by atoms with Gasteiger partial charge in [-0.1, -0.05) is 0 Å². The van der Waals surface area contributed by atoms with Gasteiger partial charge in [-0.15, -0.1) is 0 Å². The third-order valence-electron chi connectivity index (χ3n) is 3.26. The third-order valence-corrected chi connectivity index (χ3v) is 3.26. The fourth-order valence-corrected chi connectivity index (χ4v) is 2.30. The Morgan fingerprint density at radius 3 is 2.88 bits per heavy atom. The zero-order valence-electron chi connectivity index (χ0n) is 9.49. The number of fused-ring (bicyclic) bond motifs is 1. The molecule has 1 aliphatic heterocycles. The smallest absolute Gasteiger partial charge is 0.132 e. The highest BCUT2D eigenvalue weighted by Gasteiger charge is 2.17. The van der Waals surface area contributed by atoms with Crippen molar-refractivity contribution in [2.24, 2.45) is 0 Å². The van der Waals surface area contributed by atoms with Crippen LogP contribution in [0, 0.1) is 5.82 Å². The van der Waals surface area contributed by atoms with Crippen molar-refractivity contribution in [3.05, 3.63) is 36.0 Å². The molecule has 0 aliphatic carbocycles. The van der Waals surface area contributed by atoms with Gasteiger partial charge >= 0.3 is 0 Å². The Morgan fingerprint density at radius 1 is 1.24 bits per heavy atom. The molecule has 88 valence electrons. The fraction of sp³-hybridized carbons (Fsp3) is 0.385. The van der Waals surface area contributed by atoms with E-state index in [1.165, 1.54) is 12.1 Å². The maximum Gasteiger partial charge on any atom is 0.132 e. The number of hydrogen-bond acceptors (Lipinski definition) is 3. The molecular weight excluding hydrogens is 217 g/mol. The van der Waals surface area contributed by atoms with Crippen molar-refractivity contribution in [1.29, 1.82) is 0 Å². The van der Waals surface area contributed by atoms with Crippen LogP contribution < -0.4 is 5.32 Å². The lowest BCUT2D eigenvalue weighted by atomic mass is 9.97. The molecule has 1 fully saturated rings. The van der Waals surface area contributed by atoms with Crippen LogP contribution in [0.5, 0.6) is 0 Å². The summed E-state index contributed by atoms with van der Waals surface area (Å²) in [7, 11) is 0. The van der Waals surface area contributed by atoms with E-state index in [0.29, 0.717) is 5.92 Å². The number of halogens is 1. The first-order chi connectivity index (χ1) is 8.33. The van der Waals surface area contributed by atoms with Crippen molar-refractivity contribution >= 4 is 10.9 Å². The van der Waals surface area contributed by atoms with Gasteiger partial charge in [0.2, 0.25) is 0 Å². The average molecular weight is 231 g/mol. The highest BCUT2D eigenvalue weighted by atomic mass is 19.1. The van der Waals surface area contributed by atoms with Crippen molar-refractivity contribution in [3.8, 4) is 0 Å². The maximum absolute atomic E-state index is 13.0. The van der Waals surface area contributed by atoms with Gasteiger partial charge in [-0.2, -0.15) is 0 Å². The lowest BCUT2D eigenvalue weighted by molar-refractivity contribution is 0.446. The van der Waals surface area contributed by atoms with Crippen molar-refractivity contribution < 1.29 is 4.39 Å². The van der Waals surface area contributed by atoms with Crippen molar-refractivity contribution in [2.75, 3.05) is 13.1 Å². The predicted molar refractivity (Wildman–Crippen MR) is 64.3 cm³/mol. The topological polar surface area (TPSA) is 37.8 Å². The first-order valence-corrected chi connectivity index (χ1v) is 5.96. The Hall–Kier alpha value is -1.55. The van der Waals surface area contributed by atoms with Crippen LogP contribution in [0.25, 0.3) is 10.9 Å². The van der Waals surface area contributed by atoms with Gasteiger partial charge in [-0.3, -0.25) is 0 Å². The van der Waals surface area contributed by atoms with Crippen molar-refractivity contribution in [3.63, 3.8) is 0 Å². The molecule has 0 saturated carbocycles. The van der Waals surface area contributed by atoms with Gasteiger partial charge in [-0.25, -0.2) is 14.4 Å². The maximum atomic E-state index is 13.0. The molecule has 1 N–H and O–H groups in total. The van der Waals surface area contributed by atoms with Crippen LogP contribution >= 0.6 is 0 Å². The molecular formula is C13H14FN3. The minimum absolute atomic E-state index is 0.240. The number of piperidine rings is 1. The molecule has 2 aromatic rings. The molecule has 1 aromatic carbocycles. The standard InChI is InChI=1S/C13H14FN3/c14-11-1-2-12-10(7-11)8-16-13(17-12)9-3-5-15-6-4-9/h1-2,7-9,15H,3-6H2. The summed E-state index contributed by atoms with van der Waals surface area (Å²) >= 11 is 0. The SMILES string of the molecule is Fc1ccc2nc(C3CCNCC3)ncc2c1. The summed E-state index contributed by atoms with van der Waals surface area (Å²) in [6, 6.07) is 4.64. The van der Waals surface area contributed by atoms with Gasteiger partial charge in [0.25, 0.3) is 0 Å². The zero-order chi connectivity index (χ0) is 11.7. The first kappa shape index (κ1) is 10.6. The molecule has 0 radical (unpaired) electrons. The molecule has 3 nitrogen and oxygen atoms in total. The summed E-state index contributed by atoms with van der Waals surface area (Å²) in [6.45, 7) is 2.05. The number of hydrogen-bond donors (Lipinski definition) is 1. The number of nitrogens with zero attached hydrogens (tertiary/aromatic N) is 2. The summed E-state index contributed by atoms with van der Waals surface area (Å²) in [5, 5.41) is 4.09. The number of nitrogens with one attached hydrogen (secondary N) is 1. The largest absolute Gasteiger partial charge is 0.317 e. The molecule has 1 aliphatic rings. The van der Waals surface area contributed by atoms with Crippen LogP contribution in [-0.4, -0.2) is 23.1 Å². The van der Waals surface area contributed by atoms with E-state index in [2.05, 4.69) is 15.3 Å². The van der Waals surface area contributed by atoms with E-state index in [4.69, 9.17) is 0 Å². The quantitative estimate of drug-likeness (QED) is 0.818. The molecule has 0 atom stereocenters. The molecule has 0 amide bonds. The lowest BCUT2D eigenvalue weighted by Crippen LogP contribution is -2.27. The van der Waals surface area contributed by atoms with Gasteiger partial charge in [0.15, 0.2) is 0 Å². The van der Waals surface area contributed by atoms with Gasteiger partial charge in [0, 0.05) is 17.5 Å². The Bertz CT molecular complexity index is 535. The van der Waals surface area contributed by atoms with Crippen LogP contribution in [0.15, 0.2) is 24.4 Å². The summed E-state index contributed by atoms with van der Waals surface area (Å²) in [5.74, 6) is 1.09. The molecule has 17 heavy (non-hydrogen) atoms. The monoisotopic (exact) mass is 231 g/mol. The first-order valence-electron chi connectivity index (χ1n) is 5.96. The van der Waals surface area contributed by atoms with E-state index in [1.54, 1.807) is 12.3 Å².